The molecule has 1 N–H and O–H groups in total. The van der Waals surface area contributed by atoms with Crippen molar-refractivity contribution in [3.63, 3.8) is 0 Å². The van der Waals surface area contributed by atoms with Crippen LogP contribution in [0.25, 0.3) is 0 Å². The van der Waals surface area contributed by atoms with Crippen LogP contribution in [0.15, 0.2) is 54.6 Å². The highest BCUT2D eigenvalue weighted by Gasteiger charge is 2.13. The molecule has 0 aliphatic carbocycles. The number of carbonyl (C=O) groups is 1. The largest absolute Gasteiger partial charge is 0.396 e. The van der Waals surface area contributed by atoms with Crippen molar-refractivity contribution in [1.82, 2.24) is 0 Å². The fourth-order valence-corrected chi connectivity index (χ4v) is 2.49. The molecule has 2 aromatic carbocycles. The quantitative estimate of drug-likeness (QED) is 0.196. The predicted molar refractivity (Wildman–Crippen MR) is 135 cm³/mol. The number of nitrogens with zero attached hydrogens (tertiary/aromatic N) is 1. The van der Waals surface area contributed by atoms with E-state index in [1.165, 1.54) is 12.0 Å². The predicted octanol–water partition coefficient (Wildman–Crippen LogP) is 6.54. The van der Waals surface area contributed by atoms with Gasteiger partial charge in [0, 0.05) is 34.6 Å². The summed E-state index contributed by atoms with van der Waals surface area (Å²) in [7, 11) is 4.42. The maximum atomic E-state index is 12.3. The van der Waals surface area contributed by atoms with Crippen molar-refractivity contribution in [2.45, 2.75) is 52.0 Å². The lowest BCUT2D eigenvalue weighted by atomic mass is 10.0. The normalized spacial score (nSPS) is 11.5. The van der Waals surface area contributed by atoms with Crippen molar-refractivity contribution in [1.29, 1.82) is 0 Å². The minimum absolute atomic E-state index is 0.0846. The zero-order chi connectivity index (χ0) is 23.7. The lowest BCUT2D eigenvalue weighted by molar-refractivity contribution is -0.901. The topological polar surface area (TPSA) is 37.3 Å². The van der Waals surface area contributed by atoms with Gasteiger partial charge in [-0.3, -0.25) is 4.79 Å². The first-order valence-corrected chi connectivity index (χ1v) is 12.0. The second-order valence-corrected chi connectivity index (χ2v) is 9.22. The number of hydrogen-bond acceptors (Lipinski definition) is 2. The van der Waals surface area contributed by atoms with Gasteiger partial charge < -0.3 is 9.59 Å². The van der Waals surface area contributed by atoms with Crippen LogP contribution in [0.1, 0.15) is 61.5 Å². The van der Waals surface area contributed by atoms with Crippen molar-refractivity contribution >= 4 is 29.0 Å². The van der Waals surface area contributed by atoms with E-state index in [0.717, 1.165) is 41.5 Å². The van der Waals surface area contributed by atoms with Gasteiger partial charge in [0.15, 0.2) is 5.78 Å². The van der Waals surface area contributed by atoms with E-state index in [1.807, 2.05) is 49.4 Å². The monoisotopic (exact) mass is 468 g/mol. The third-order valence-corrected chi connectivity index (χ3v) is 5.47. The Morgan fingerprint density at radius 2 is 1.48 bits per heavy atom. The molecule has 1 unspecified atom stereocenters. The maximum absolute atomic E-state index is 12.3. The Kier molecular flexibility index (Phi) is 16.4. The first kappa shape index (κ1) is 29.6. The van der Waals surface area contributed by atoms with Gasteiger partial charge in [-0.15, -0.1) is 23.2 Å². The third-order valence-electron chi connectivity index (χ3n) is 4.69. The standard InChI is InChI=1S/C18H22NO.C5H12O.C3H6Cl2/c1-4-19(2,3)14-15-10-12-17(13-11-15)18(20)16-8-6-5-7-9-16;1-2-3-4-5-6;1-3(5)2-4/h5-13H,4,14H2,1-3H3;6H,2-5H2,1H3;3H,2H2,1H3/q+1;;. The van der Waals surface area contributed by atoms with Gasteiger partial charge in [-0.2, -0.15) is 0 Å². The molecule has 0 saturated carbocycles. The lowest BCUT2D eigenvalue weighted by Crippen LogP contribution is -2.38. The fourth-order valence-electron chi connectivity index (χ4n) is 2.49. The SMILES string of the molecule is CC(Cl)CCl.CCCCCO.CC[N+](C)(C)Cc1ccc(C(=O)c2ccccc2)cc1. The molecule has 0 bridgehead atoms. The zero-order valence-electron chi connectivity index (χ0n) is 19.8. The highest BCUT2D eigenvalue weighted by molar-refractivity contribution is 6.27. The first-order valence-electron chi connectivity index (χ1n) is 11.0. The number of ketones is 1. The van der Waals surface area contributed by atoms with Crippen LogP contribution in [0.2, 0.25) is 0 Å². The van der Waals surface area contributed by atoms with Crippen LogP contribution in [0.5, 0.6) is 0 Å². The summed E-state index contributed by atoms with van der Waals surface area (Å²) in [5.74, 6) is 0.628. The summed E-state index contributed by atoms with van der Waals surface area (Å²) in [6.07, 6.45) is 3.33. The van der Waals surface area contributed by atoms with E-state index in [1.54, 1.807) is 0 Å². The minimum atomic E-state index is 0.0846. The summed E-state index contributed by atoms with van der Waals surface area (Å²) in [6.45, 7) is 8.59. The van der Waals surface area contributed by atoms with Gasteiger partial charge in [-0.25, -0.2) is 0 Å². The van der Waals surface area contributed by atoms with E-state index in [-0.39, 0.29) is 11.2 Å². The molecule has 31 heavy (non-hydrogen) atoms. The Labute approximate surface area is 199 Å². The average molecular weight is 470 g/mol. The minimum Gasteiger partial charge on any atom is -0.396 e. The molecule has 0 saturated heterocycles. The second kappa shape index (κ2) is 17.2. The van der Waals surface area contributed by atoms with Crippen molar-refractivity contribution in [2.24, 2.45) is 0 Å². The maximum Gasteiger partial charge on any atom is 0.193 e. The summed E-state index contributed by atoms with van der Waals surface area (Å²) in [6, 6.07) is 17.4. The van der Waals surface area contributed by atoms with Crippen molar-refractivity contribution in [3.05, 3.63) is 71.3 Å². The van der Waals surface area contributed by atoms with Gasteiger partial charge in [0.2, 0.25) is 0 Å². The molecule has 1 atom stereocenters. The van der Waals surface area contributed by atoms with Gasteiger partial charge in [0.05, 0.1) is 20.6 Å². The molecular formula is C26H40Cl2NO2+. The van der Waals surface area contributed by atoms with Crippen LogP contribution in [-0.2, 0) is 6.54 Å². The van der Waals surface area contributed by atoms with Crippen LogP contribution in [-0.4, -0.2) is 53.9 Å². The number of rotatable bonds is 9. The molecule has 2 aromatic rings. The lowest BCUT2D eigenvalue weighted by Gasteiger charge is -2.28. The van der Waals surface area contributed by atoms with E-state index in [9.17, 15) is 4.79 Å². The molecule has 3 nitrogen and oxygen atoms in total. The summed E-state index contributed by atoms with van der Waals surface area (Å²) >= 11 is 10.5. The second-order valence-electron chi connectivity index (χ2n) is 8.17. The van der Waals surface area contributed by atoms with Gasteiger partial charge in [-0.05, 0) is 20.3 Å². The Morgan fingerprint density at radius 1 is 0.968 bits per heavy atom. The number of aliphatic hydroxyl groups excluding tert-OH is 1. The molecule has 0 radical (unpaired) electrons. The Bertz CT molecular complexity index is 697. The molecule has 0 heterocycles. The summed E-state index contributed by atoms with van der Waals surface area (Å²) in [4.78, 5) is 12.3. The molecule has 0 aliphatic rings. The number of alkyl halides is 2. The van der Waals surface area contributed by atoms with Crippen LogP contribution in [0.3, 0.4) is 0 Å². The number of aliphatic hydroxyl groups is 1. The summed E-state index contributed by atoms with van der Waals surface area (Å²) in [5.41, 5.74) is 2.76. The molecular weight excluding hydrogens is 429 g/mol. The van der Waals surface area contributed by atoms with Gasteiger partial charge >= 0.3 is 0 Å². The number of carbonyl (C=O) groups excluding carboxylic acids is 1. The highest BCUT2D eigenvalue weighted by atomic mass is 35.5. The fraction of sp³-hybridized carbons (Fsp3) is 0.500. The summed E-state index contributed by atoms with van der Waals surface area (Å²) in [5, 5.41) is 8.32. The molecule has 174 valence electrons. The Hall–Kier alpha value is -1.39. The molecule has 0 aliphatic heterocycles. The smallest absolute Gasteiger partial charge is 0.193 e. The van der Waals surface area contributed by atoms with Crippen LogP contribution in [0.4, 0.5) is 0 Å². The van der Waals surface area contributed by atoms with E-state index in [4.69, 9.17) is 28.3 Å². The molecule has 5 heteroatoms. The van der Waals surface area contributed by atoms with Gasteiger partial charge in [0.1, 0.15) is 6.54 Å². The summed E-state index contributed by atoms with van der Waals surface area (Å²) < 4.78 is 0.950. The zero-order valence-corrected chi connectivity index (χ0v) is 21.3. The van der Waals surface area contributed by atoms with Crippen molar-refractivity contribution in [2.75, 3.05) is 33.1 Å². The molecule has 0 amide bonds. The van der Waals surface area contributed by atoms with Crippen molar-refractivity contribution < 1.29 is 14.4 Å². The molecule has 0 spiro atoms. The molecule has 0 aromatic heterocycles. The van der Waals surface area contributed by atoms with E-state index in [2.05, 4.69) is 40.1 Å². The van der Waals surface area contributed by atoms with Crippen LogP contribution in [0, 0.1) is 0 Å². The van der Waals surface area contributed by atoms with Gasteiger partial charge in [0.25, 0.3) is 0 Å². The average Bonchev–Trinajstić information content (AvgIpc) is 2.79. The van der Waals surface area contributed by atoms with E-state index >= 15 is 0 Å². The number of unbranched alkanes of at least 4 members (excludes halogenated alkanes) is 2. The number of halogens is 2. The van der Waals surface area contributed by atoms with Crippen LogP contribution >= 0.6 is 23.2 Å². The van der Waals surface area contributed by atoms with E-state index < -0.39 is 0 Å². The van der Waals surface area contributed by atoms with Gasteiger partial charge in [-0.1, -0.05) is 74.4 Å². The highest BCUT2D eigenvalue weighted by Crippen LogP contribution is 2.14. The third kappa shape index (κ3) is 14.3. The Morgan fingerprint density at radius 3 is 1.87 bits per heavy atom. The van der Waals surface area contributed by atoms with Crippen LogP contribution < -0.4 is 0 Å². The number of benzene rings is 2. The number of hydrogen-bond donors (Lipinski definition) is 1. The van der Waals surface area contributed by atoms with Crippen molar-refractivity contribution in [3.8, 4) is 0 Å². The molecule has 2 rings (SSSR count). The molecule has 0 fully saturated rings. The number of quaternary nitrogens is 1. The van der Waals surface area contributed by atoms with E-state index in [0.29, 0.717) is 12.5 Å². The Balaban J connectivity index is 0.000000679. The first-order chi connectivity index (χ1) is 14.7.